The summed E-state index contributed by atoms with van der Waals surface area (Å²) in [5, 5.41) is 8.91. The second-order valence-electron chi connectivity index (χ2n) is 11.7. The molecule has 0 saturated heterocycles. The lowest BCUT2D eigenvalue weighted by Crippen LogP contribution is -2.27. The van der Waals surface area contributed by atoms with Gasteiger partial charge in [0.05, 0.1) is 10.9 Å². The van der Waals surface area contributed by atoms with Crippen molar-refractivity contribution in [1.82, 2.24) is 4.57 Å². The van der Waals surface area contributed by atoms with Crippen molar-refractivity contribution < 1.29 is 0 Å². The van der Waals surface area contributed by atoms with Crippen molar-refractivity contribution in [2.45, 2.75) is 6.92 Å². The molecule has 3 heterocycles. The normalized spacial score (nSPS) is 12.8. The minimum Gasteiger partial charge on any atom is -0.309 e. The predicted molar refractivity (Wildman–Crippen MR) is 204 cm³/mol. The Balaban J connectivity index is 1.16. The number of aromatic nitrogens is 1. The summed E-state index contributed by atoms with van der Waals surface area (Å²) in [5.41, 5.74) is 7.23. The molecule has 0 unspecified atom stereocenters. The summed E-state index contributed by atoms with van der Waals surface area (Å²) in [6.45, 7) is 6.19. The molecule has 0 N–H and O–H groups in total. The van der Waals surface area contributed by atoms with E-state index in [-0.39, 0.29) is 0 Å². The third kappa shape index (κ3) is 4.20. The molecule has 0 radical (unpaired) electrons. The Labute approximate surface area is 274 Å². The van der Waals surface area contributed by atoms with Crippen LogP contribution in [0.4, 0.5) is 0 Å². The highest BCUT2D eigenvalue weighted by atomic mass is 32.1. The summed E-state index contributed by atoms with van der Waals surface area (Å²) in [5.74, 6) is 0. The minimum atomic E-state index is 1.14. The van der Waals surface area contributed by atoms with Crippen molar-refractivity contribution in [2.24, 2.45) is 0 Å². The van der Waals surface area contributed by atoms with E-state index >= 15 is 0 Å². The summed E-state index contributed by atoms with van der Waals surface area (Å²) in [4.78, 5) is 0. The van der Waals surface area contributed by atoms with Gasteiger partial charge in [0.25, 0.3) is 0 Å². The van der Waals surface area contributed by atoms with Gasteiger partial charge in [0.1, 0.15) is 0 Å². The topological polar surface area (TPSA) is 4.93 Å². The summed E-state index contributed by atoms with van der Waals surface area (Å²) >= 11 is 3.72. The van der Waals surface area contributed by atoms with Gasteiger partial charge in [-0.15, -0.1) is 22.7 Å². The second-order valence-corrected chi connectivity index (χ2v) is 13.9. The van der Waals surface area contributed by atoms with E-state index in [2.05, 4.69) is 158 Å². The number of fused-ring (bicyclic) bond motifs is 7. The Kier molecular flexibility index (Phi) is 6.31. The van der Waals surface area contributed by atoms with Crippen LogP contribution in [-0.4, -0.2) is 4.57 Å². The SMILES string of the molecule is C=C/C=c1\c(=C/C)c2cc(-c3ccc4sc5ccccc5c4c3)ccc2n1-c1ccc(-c2ccc3sc4ccccc4c3c2)cc1. The van der Waals surface area contributed by atoms with E-state index in [1.54, 1.807) is 0 Å². The van der Waals surface area contributed by atoms with Crippen molar-refractivity contribution in [2.75, 3.05) is 0 Å². The zero-order valence-corrected chi connectivity index (χ0v) is 27.0. The molecule has 0 fully saturated rings. The first-order valence-electron chi connectivity index (χ1n) is 15.6. The average molecular weight is 624 g/mol. The maximum Gasteiger partial charge on any atom is 0.0541 e. The highest BCUT2D eigenvalue weighted by Crippen LogP contribution is 2.38. The molecule has 218 valence electrons. The number of allylic oxidation sites excluding steroid dienone is 1. The van der Waals surface area contributed by atoms with Crippen LogP contribution in [0.3, 0.4) is 0 Å². The fraction of sp³-hybridized carbons (Fsp3) is 0.0233. The van der Waals surface area contributed by atoms with Gasteiger partial charge in [-0.2, -0.15) is 0 Å². The summed E-state index contributed by atoms with van der Waals surface area (Å²) in [7, 11) is 0. The number of hydrogen-bond acceptors (Lipinski definition) is 2. The molecule has 46 heavy (non-hydrogen) atoms. The minimum absolute atomic E-state index is 1.14. The van der Waals surface area contributed by atoms with E-state index in [0.717, 1.165) is 11.0 Å². The fourth-order valence-electron chi connectivity index (χ4n) is 6.99. The summed E-state index contributed by atoms with van der Waals surface area (Å²) in [6.07, 6.45) is 6.24. The van der Waals surface area contributed by atoms with Crippen LogP contribution >= 0.6 is 22.7 Å². The Morgan fingerprint density at radius 3 is 1.61 bits per heavy atom. The monoisotopic (exact) mass is 623 g/mol. The predicted octanol–water partition coefficient (Wildman–Crippen LogP) is 11.5. The molecule has 0 atom stereocenters. The molecule has 6 aromatic carbocycles. The molecule has 0 saturated carbocycles. The van der Waals surface area contributed by atoms with Crippen LogP contribution in [0, 0.1) is 0 Å². The lowest BCUT2D eigenvalue weighted by molar-refractivity contribution is 1.07. The molecule has 0 amide bonds. The molecular formula is C43H29NS2. The van der Waals surface area contributed by atoms with Gasteiger partial charge >= 0.3 is 0 Å². The van der Waals surface area contributed by atoms with Crippen LogP contribution in [0.1, 0.15) is 6.92 Å². The molecule has 9 aromatic rings. The van der Waals surface area contributed by atoms with Gasteiger partial charge in [0, 0.05) is 56.6 Å². The van der Waals surface area contributed by atoms with Crippen molar-refractivity contribution >= 4 is 86.1 Å². The maximum absolute atomic E-state index is 4.06. The van der Waals surface area contributed by atoms with E-state index < -0.39 is 0 Å². The third-order valence-electron chi connectivity index (χ3n) is 9.15. The molecule has 1 nitrogen and oxygen atoms in total. The van der Waals surface area contributed by atoms with Crippen LogP contribution in [0.2, 0.25) is 0 Å². The Hall–Kier alpha value is -5.22. The fourth-order valence-corrected chi connectivity index (χ4v) is 9.16. The smallest absolute Gasteiger partial charge is 0.0541 e. The standard InChI is InChI=1S/C43H29NS2/c1-3-9-38-32(4-2)35-24-29(30-18-23-43-37(26-30)34-11-6-8-13-41(34)46-43)16-21-39(35)44(38)31-19-14-27(15-20-31)28-17-22-42-36(25-28)33-10-5-7-12-40(33)45-42/h3-26H,1H2,2H3/b32-4-,38-9+. The lowest BCUT2D eigenvalue weighted by Gasteiger charge is -2.10. The molecular weight excluding hydrogens is 595 g/mol. The van der Waals surface area contributed by atoms with Crippen LogP contribution in [0.25, 0.3) is 91.3 Å². The first-order chi connectivity index (χ1) is 22.7. The Morgan fingerprint density at radius 2 is 1.02 bits per heavy atom. The van der Waals surface area contributed by atoms with E-state index in [1.807, 2.05) is 28.7 Å². The molecule has 0 bridgehead atoms. The van der Waals surface area contributed by atoms with Crippen molar-refractivity contribution in [3.63, 3.8) is 0 Å². The molecule has 9 rings (SSSR count). The zero-order chi connectivity index (χ0) is 30.8. The lowest BCUT2D eigenvalue weighted by atomic mass is 10.0. The first kappa shape index (κ1) is 27.1. The van der Waals surface area contributed by atoms with Crippen LogP contribution in [-0.2, 0) is 0 Å². The number of rotatable bonds is 4. The van der Waals surface area contributed by atoms with Crippen LogP contribution < -0.4 is 10.6 Å². The van der Waals surface area contributed by atoms with Crippen molar-refractivity contribution in [3.05, 3.63) is 151 Å². The molecule has 0 spiro atoms. The number of thiophene rings is 2. The van der Waals surface area contributed by atoms with Gasteiger partial charge in [-0.05, 0) is 95.9 Å². The van der Waals surface area contributed by atoms with Crippen LogP contribution in [0.15, 0.2) is 140 Å². The van der Waals surface area contributed by atoms with Gasteiger partial charge < -0.3 is 4.57 Å². The molecule has 0 aliphatic heterocycles. The Morgan fingerprint density at radius 1 is 0.522 bits per heavy atom. The van der Waals surface area contributed by atoms with E-state index in [4.69, 9.17) is 0 Å². The molecule has 3 heteroatoms. The van der Waals surface area contributed by atoms with E-state index in [9.17, 15) is 0 Å². The average Bonchev–Trinajstić information content (AvgIpc) is 3.76. The zero-order valence-electron chi connectivity index (χ0n) is 25.3. The third-order valence-corrected chi connectivity index (χ3v) is 11.5. The van der Waals surface area contributed by atoms with Gasteiger partial charge in [-0.25, -0.2) is 0 Å². The van der Waals surface area contributed by atoms with Gasteiger partial charge in [0.15, 0.2) is 0 Å². The van der Waals surface area contributed by atoms with Gasteiger partial charge in [0.2, 0.25) is 0 Å². The molecule has 3 aromatic heterocycles. The number of hydrogen-bond donors (Lipinski definition) is 0. The Bertz CT molecular complexity index is 2770. The summed E-state index contributed by atoms with van der Waals surface area (Å²) in [6, 6.07) is 47.0. The number of benzene rings is 6. The quantitative estimate of drug-likeness (QED) is 0.184. The second kappa shape index (κ2) is 10.7. The van der Waals surface area contributed by atoms with Crippen molar-refractivity contribution in [1.29, 1.82) is 0 Å². The summed E-state index contributed by atoms with van der Waals surface area (Å²) < 4.78 is 7.69. The largest absolute Gasteiger partial charge is 0.309 e. The van der Waals surface area contributed by atoms with Crippen molar-refractivity contribution in [3.8, 4) is 27.9 Å². The molecule has 0 aliphatic carbocycles. The van der Waals surface area contributed by atoms with E-state index in [0.29, 0.717) is 0 Å². The number of nitrogens with zero attached hydrogens (tertiary/aromatic N) is 1. The van der Waals surface area contributed by atoms with Gasteiger partial charge in [-0.1, -0.05) is 85.5 Å². The van der Waals surface area contributed by atoms with E-state index in [1.165, 1.54) is 78.7 Å². The van der Waals surface area contributed by atoms with Gasteiger partial charge in [-0.3, -0.25) is 0 Å². The molecule has 0 aliphatic rings. The highest BCUT2D eigenvalue weighted by molar-refractivity contribution is 7.26. The van der Waals surface area contributed by atoms with Crippen LogP contribution in [0.5, 0.6) is 0 Å². The highest BCUT2D eigenvalue weighted by Gasteiger charge is 2.13. The maximum atomic E-state index is 4.06. The first-order valence-corrected chi connectivity index (χ1v) is 17.2.